The number of rotatable bonds is 6. The van der Waals surface area contributed by atoms with E-state index in [-0.39, 0.29) is 11.9 Å². The summed E-state index contributed by atoms with van der Waals surface area (Å²) in [6, 6.07) is 0.761. The Kier molecular flexibility index (Phi) is 6.28. The minimum Gasteiger partial charge on any atom is -0.462 e. The van der Waals surface area contributed by atoms with E-state index in [0.29, 0.717) is 5.02 Å². The van der Waals surface area contributed by atoms with Gasteiger partial charge in [-0.2, -0.15) is 0 Å². The largest absolute Gasteiger partial charge is 0.462 e. The van der Waals surface area contributed by atoms with Crippen molar-refractivity contribution >= 4 is 25.7 Å². The van der Waals surface area contributed by atoms with Gasteiger partial charge in [0.25, 0.3) is 0 Å². The number of nitrogens with zero attached hydrogens (tertiary/aromatic N) is 1. The number of halogens is 1. The van der Waals surface area contributed by atoms with Crippen molar-refractivity contribution in [2.45, 2.75) is 32.9 Å². The second kappa shape index (κ2) is 7.48. The lowest BCUT2D eigenvalue weighted by molar-refractivity contribution is -0.148. The van der Waals surface area contributed by atoms with Gasteiger partial charge in [-0.05, 0) is 20.8 Å². The number of carbonyl (C=O) groups excluding carboxylic acids is 1. The van der Waals surface area contributed by atoms with Crippen molar-refractivity contribution < 1.29 is 18.6 Å². The number of carbonyl (C=O) groups is 1. The van der Waals surface area contributed by atoms with Crippen LogP contribution in [-0.2, 0) is 14.1 Å². The first-order valence-electron chi connectivity index (χ1n) is 5.68. The summed E-state index contributed by atoms with van der Waals surface area (Å²) in [6.45, 7) is 5.02. The van der Waals surface area contributed by atoms with Crippen LogP contribution in [0.3, 0.4) is 0 Å². The van der Waals surface area contributed by atoms with Crippen LogP contribution in [-0.4, -0.2) is 23.1 Å². The van der Waals surface area contributed by atoms with E-state index in [9.17, 15) is 9.36 Å². The Hall–Kier alpha value is -1.10. The highest BCUT2D eigenvalue weighted by atomic mass is 35.5. The summed E-state index contributed by atoms with van der Waals surface area (Å²) in [5, 5.41) is 2.91. The summed E-state index contributed by atoms with van der Waals surface area (Å²) >= 11 is 5.71. The Balaban J connectivity index is 2.49. The predicted molar refractivity (Wildman–Crippen MR) is 72.7 cm³/mol. The Bertz CT molecular complexity index is 470. The van der Waals surface area contributed by atoms with Crippen LogP contribution in [0, 0.1) is 0 Å². The first kappa shape index (κ1) is 16.0. The summed E-state index contributed by atoms with van der Waals surface area (Å²) in [6.07, 6.45) is 2.59. The van der Waals surface area contributed by atoms with Crippen molar-refractivity contribution in [2.75, 3.05) is 0 Å². The van der Waals surface area contributed by atoms with E-state index in [1.54, 1.807) is 20.8 Å². The molecule has 106 valence electrons. The Morgan fingerprint density at radius 3 is 2.68 bits per heavy atom. The lowest BCUT2D eigenvalue weighted by atomic mass is 10.4. The van der Waals surface area contributed by atoms with Gasteiger partial charge in [-0.15, -0.1) is 0 Å². The van der Waals surface area contributed by atoms with Crippen molar-refractivity contribution in [1.82, 2.24) is 10.1 Å². The second-order valence-electron chi connectivity index (χ2n) is 4.08. The van der Waals surface area contributed by atoms with Crippen molar-refractivity contribution in [3.63, 3.8) is 0 Å². The third-order valence-electron chi connectivity index (χ3n) is 1.93. The normalized spacial score (nSPS) is 13.9. The van der Waals surface area contributed by atoms with Gasteiger partial charge in [0.1, 0.15) is 11.8 Å². The molecule has 1 unspecified atom stereocenters. The van der Waals surface area contributed by atoms with E-state index in [2.05, 4.69) is 10.1 Å². The molecule has 0 aromatic carbocycles. The lowest BCUT2D eigenvalue weighted by Gasteiger charge is -2.15. The van der Waals surface area contributed by atoms with E-state index in [1.165, 1.54) is 18.5 Å². The molecule has 1 rings (SSSR count). The van der Waals surface area contributed by atoms with Crippen LogP contribution >= 0.6 is 19.8 Å². The molecular formula is C11H16ClN2O4P. The third kappa shape index (κ3) is 6.05. The summed E-state index contributed by atoms with van der Waals surface area (Å²) in [5.74, 6) is -0.213. The minimum absolute atomic E-state index is 0.225. The summed E-state index contributed by atoms with van der Waals surface area (Å²) in [7, 11) is -2.64. The van der Waals surface area contributed by atoms with Crippen LogP contribution in [0.25, 0.3) is 0 Å². The molecular weight excluding hydrogens is 291 g/mol. The molecule has 0 fully saturated rings. The summed E-state index contributed by atoms with van der Waals surface area (Å²) in [4.78, 5) is 15.3. The van der Waals surface area contributed by atoms with Crippen LogP contribution in [0.4, 0.5) is 0 Å². The number of nitrogens with one attached hydrogen (secondary N) is 1. The zero-order valence-electron chi connectivity index (χ0n) is 10.8. The van der Waals surface area contributed by atoms with Crippen molar-refractivity contribution in [3.05, 3.63) is 23.5 Å². The van der Waals surface area contributed by atoms with E-state index < -0.39 is 20.2 Å². The number of hydrogen-bond donors (Lipinski definition) is 1. The molecule has 0 aliphatic heterocycles. The van der Waals surface area contributed by atoms with E-state index in [4.69, 9.17) is 20.9 Å². The maximum absolute atomic E-state index is 11.7. The molecule has 0 spiro atoms. The molecule has 1 N–H and O–H groups in total. The molecule has 1 aromatic rings. The van der Waals surface area contributed by atoms with Gasteiger partial charge in [0.15, 0.2) is 0 Å². The maximum Gasteiger partial charge on any atom is 0.323 e. The molecule has 6 nitrogen and oxygen atoms in total. The predicted octanol–water partition coefficient (Wildman–Crippen LogP) is 2.43. The van der Waals surface area contributed by atoms with Crippen LogP contribution in [0.15, 0.2) is 18.5 Å². The fraction of sp³-hybridized carbons (Fsp3) is 0.455. The van der Waals surface area contributed by atoms with Crippen molar-refractivity contribution in [1.29, 1.82) is 0 Å². The van der Waals surface area contributed by atoms with Gasteiger partial charge in [-0.25, -0.2) is 5.09 Å². The Morgan fingerprint density at radius 2 is 2.11 bits per heavy atom. The molecule has 2 atom stereocenters. The molecule has 0 amide bonds. The summed E-state index contributed by atoms with van der Waals surface area (Å²) in [5.41, 5.74) is 0. The quantitative estimate of drug-likeness (QED) is 0.642. The van der Waals surface area contributed by atoms with Gasteiger partial charge in [0, 0.05) is 12.3 Å². The van der Waals surface area contributed by atoms with Crippen LogP contribution < -0.4 is 9.61 Å². The Labute approximate surface area is 117 Å². The molecule has 0 saturated heterocycles. The van der Waals surface area contributed by atoms with Gasteiger partial charge in [-0.1, -0.05) is 11.6 Å². The third-order valence-corrected chi connectivity index (χ3v) is 3.23. The highest BCUT2D eigenvalue weighted by Crippen LogP contribution is 2.25. The molecule has 1 heterocycles. The smallest absolute Gasteiger partial charge is 0.323 e. The van der Waals surface area contributed by atoms with Crippen LogP contribution in [0.1, 0.15) is 20.8 Å². The van der Waals surface area contributed by atoms with Crippen LogP contribution in [0.2, 0.25) is 5.02 Å². The van der Waals surface area contributed by atoms with Gasteiger partial charge < -0.3 is 9.26 Å². The van der Waals surface area contributed by atoms with Crippen molar-refractivity contribution in [3.8, 4) is 5.75 Å². The van der Waals surface area contributed by atoms with E-state index in [0.717, 1.165) is 0 Å². The van der Waals surface area contributed by atoms with E-state index >= 15 is 0 Å². The molecule has 0 aliphatic rings. The zero-order chi connectivity index (χ0) is 14.4. The number of ether oxygens (including phenoxy) is 1. The molecule has 0 saturated carbocycles. The number of esters is 1. The lowest BCUT2D eigenvalue weighted by Crippen LogP contribution is -2.33. The molecule has 0 radical (unpaired) electrons. The van der Waals surface area contributed by atoms with Crippen LogP contribution in [0.5, 0.6) is 5.75 Å². The second-order valence-corrected chi connectivity index (χ2v) is 5.58. The van der Waals surface area contributed by atoms with Crippen molar-refractivity contribution in [2.24, 2.45) is 0 Å². The topological polar surface area (TPSA) is 77.5 Å². The average molecular weight is 307 g/mol. The maximum atomic E-state index is 11.7. The molecule has 0 aliphatic carbocycles. The summed E-state index contributed by atoms with van der Waals surface area (Å²) < 4.78 is 21.8. The first-order chi connectivity index (χ1) is 8.88. The van der Waals surface area contributed by atoms with Gasteiger partial charge in [0.05, 0.1) is 17.3 Å². The molecule has 8 heteroatoms. The highest BCUT2D eigenvalue weighted by molar-refractivity contribution is 7.37. The molecule has 19 heavy (non-hydrogen) atoms. The number of aromatic nitrogens is 1. The SMILES string of the molecule is CC(C)OC(=O)[C@@H](C)N[PH](=O)Oc1cncc(Cl)c1. The Morgan fingerprint density at radius 1 is 1.42 bits per heavy atom. The monoisotopic (exact) mass is 306 g/mol. The highest BCUT2D eigenvalue weighted by Gasteiger charge is 2.18. The fourth-order valence-corrected chi connectivity index (χ4v) is 2.17. The molecule has 1 aromatic heterocycles. The zero-order valence-corrected chi connectivity index (χ0v) is 12.6. The minimum atomic E-state index is -2.64. The first-order valence-corrected chi connectivity index (χ1v) is 7.37. The standard InChI is InChI=1S/C11H16ClN2O4P/c1-7(2)17-11(15)8(3)14-19(16)18-10-4-9(12)5-13-6-10/h4-8,19H,1-3H3,(H,14,16)/t8-/m1/s1. The average Bonchev–Trinajstić information content (AvgIpc) is 2.27. The number of hydrogen-bond acceptors (Lipinski definition) is 5. The van der Waals surface area contributed by atoms with Gasteiger partial charge >= 0.3 is 14.1 Å². The molecule has 0 bridgehead atoms. The van der Waals surface area contributed by atoms with Gasteiger partial charge in [0.2, 0.25) is 0 Å². The van der Waals surface area contributed by atoms with Gasteiger partial charge in [-0.3, -0.25) is 14.3 Å². The number of pyridine rings is 1. The van der Waals surface area contributed by atoms with E-state index in [1.807, 2.05) is 0 Å². The fourth-order valence-electron chi connectivity index (χ4n) is 1.15.